The lowest BCUT2D eigenvalue weighted by Gasteiger charge is -2.20. The summed E-state index contributed by atoms with van der Waals surface area (Å²) in [6, 6.07) is 10.5. The van der Waals surface area contributed by atoms with E-state index in [1.807, 2.05) is 25.2 Å². The van der Waals surface area contributed by atoms with Crippen LogP contribution in [0.2, 0.25) is 0 Å². The quantitative estimate of drug-likeness (QED) is 0.802. The summed E-state index contributed by atoms with van der Waals surface area (Å²) >= 11 is 6.96. The summed E-state index contributed by atoms with van der Waals surface area (Å²) in [6.07, 6.45) is 0. The first-order valence-corrected chi connectivity index (χ1v) is 7.61. The number of rotatable bonds is 4. The zero-order valence-corrected chi connectivity index (χ0v) is 14.3. The number of nitrogens with one attached hydrogen (secondary N) is 1. The molecule has 0 aliphatic heterocycles. The molecular formula is C15H14Br2FNO. The lowest BCUT2D eigenvalue weighted by atomic mass is 9.98. The van der Waals surface area contributed by atoms with Crippen molar-refractivity contribution in [1.29, 1.82) is 0 Å². The van der Waals surface area contributed by atoms with Gasteiger partial charge >= 0.3 is 0 Å². The normalized spacial score (nSPS) is 12.2. The van der Waals surface area contributed by atoms with Crippen molar-refractivity contribution in [2.75, 3.05) is 14.2 Å². The molecule has 0 spiro atoms. The fourth-order valence-electron chi connectivity index (χ4n) is 2.08. The van der Waals surface area contributed by atoms with E-state index in [0.717, 1.165) is 14.5 Å². The van der Waals surface area contributed by atoms with E-state index in [1.54, 1.807) is 12.1 Å². The van der Waals surface area contributed by atoms with Crippen LogP contribution in [0.25, 0.3) is 0 Å². The van der Waals surface area contributed by atoms with Gasteiger partial charge in [0.15, 0.2) is 0 Å². The molecule has 0 saturated heterocycles. The van der Waals surface area contributed by atoms with Crippen molar-refractivity contribution < 1.29 is 9.13 Å². The minimum Gasteiger partial charge on any atom is -0.497 e. The molecule has 1 unspecified atom stereocenters. The highest BCUT2D eigenvalue weighted by molar-refractivity contribution is 9.11. The van der Waals surface area contributed by atoms with Crippen LogP contribution >= 0.6 is 31.9 Å². The molecule has 0 aliphatic carbocycles. The Bertz CT molecular complexity index is 619. The van der Waals surface area contributed by atoms with Gasteiger partial charge in [0.2, 0.25) is 0 Å². The molecule has 1 atom stereocenters. The van der Waals surface area contributed by atoms with Gasteiger partial charge in [0.05, 0.1) is 13.2 Å². The highest BCUT2D eigenvalue weighted by atomic mass is 79.9. The van der Waals surface area contributed by atoms with Crippen LogP contribution in [-0.4, -0.2) is 14.2 Å². The van der Waals surface area contributed by atoms with Gasteiger partial charge in [-0.25, -0.2) is 4.39 Å². The molecule has 0 bridgehead atoms. The van der Waals surface area contributed by atoms with Gasteiger partial charge in [-0.2, -0.15) is 0 Å². The monoisotopic (exact) mass is 401 g/mol. The topological polar surface area (TPSA) is 21.3 Å². The molecule has 0 radical (unpaired) electrons. The van der Waals surface area contributed by atoms with Gasteiger partial charge in [0.1, 0.15) is 11.6 Å². The third-order valence-electron chi connectivity index (χ3n) is 3.08. The summed E-state index contributed by atoms with van der Waals surface area (Å²) in [5.41, 5.74) is 1.54. The molecule has 20 heavy (non-hydrogen) atoms. The van der Waals surface area contributed by atoms with Crippen LogP contribution < -0.4 is 10.1 Å². The average molecular weight is 403 g/mol. The van der Waals surface area contributed by atoms with Gasteiger partial charge in [-0.15, -0.1) is 0 Å². The Hall–Kier alpha value is -0.910. The van der Waals surface area contributed by atoms with Crippen molar-refractivity contribution in [1.82, 2.24) is 5.32 Å². The van der Waals surface area contributed by atoms with E-state index in [9.17, 15) is 4.39 Å². The number of benzene rings is 2. The van der Waals surface area contributed by atoms with E-state index in [1.165, 1.54) is 13.2 Å². The summed E-state index contributed by atoms with van der Waals surface area (Å²) in [5, 5.41) is 3.15. The Labute approximate surface area is 134 Å². The molecular weight excluding hydrogens is 389 g/mol. The molecule has 2 rings (SSSR count). The fraction of sp³-hybridized carbons (Fsp3) is 0.200. The second kappa shape index (κ2) is 6.70. The largest absolute Gasteiger partial charge is 0.497 e. The molecule has 2 aromatic carbocycles. The number of methoxy groups -OCH3 is 1. The van der Waals surface area contributed by atoms with Gasteiger partial charge in [0, 0.05) is 20.6 Å². The predicted molar refractivity (Wildman–Crippen MR) is 85.7 cm³/mol. The van der Waals surface area contributed by atoms with Crippen molar-refractivity contribution in [3.63, 3.8) is 0 Å². The average Bonchev–Trinajstić information content (AvgIpc) is 2.44. The first kappa shape index (κ1) is 15.5. The van der Waals surface area contributed by atoms with Crippen molar-refractivity contribution in [3.05, 3.63) is 62.3 Å². The second-order valence-electron chi connectivity index (χ2n) is 4.27. The predicted octanol–water partition coefficient (Wildman–Crippen LogP) is 4.67. The smallest absolute Gasteiger partial charge is 0.132 e. The van der Waals surface area contributed by atoms with E-state index in [-0.39, 0.29) is 11.9 Å². The molecule has 2 aromatic rings. The molecule has 2 nitrogen and oxygen atoms in total. The van der Waals surface area contributed by atoms with E-state index in [4.69, 9.17) is 4.74 Å². The van der Waals surface area contributed by atoms with Crippen LogP contribution in [0.15, 0.2) is 45.3 Å². The molecule has 0 aromatic heterocycles. The summed E-state index contributed by atoms with van der Waals surface area (Å²) in [6.45, 7) is 0. The lowest BCUT2D eigenvalue weighted by Crippen LogP contribution is -2.19. The molecule has 106 valence electrons. The maximum Gasteiger partial charge on any atom is 0.132 e. The first-order chi connectivity index (χ1) is 9.56. The summed E-state index contributed by atoms with van der Waals surface area (Å²) in [5.74, 6) is 0.213. The number of hydrogen-bond acceptors (Lipinski definition) is 2. The zero-order chi connectivity index (χ0) is 14.7. The molecule has 0 amide bonds. The third-order valence-corrected chi connectivity index (χ3v) is 4.29. The van der Waals surface area contributed by atoms with Gasteiger partial charge in [-0.3, -0.25) is 0 Å². The van der Waals surface area contributed by atoms with Crippen LogP contribution in [0.4, 0.5) is 4.39 Å². The first-order valence-electron chi connectivity index (χ1n) is 6.02. The van der Waals surface area contributed by atoms with Gasteiger partial charge in [0.25, 0.3) is 0 Å². The van der Waals surface area contributed by atoms with Crippen molar-refractivity contribution in [2.24, 2.45) is 0 Å². The van der Waals surface area contributed by atoms with Gasteiger partial charge in [-0.05, 0) is 36.9 Å². The molecule has 0 aliphatic rings. The molecule has 5 heteroatoms. The Balaban J connectivity index is 2.49. The summed E-state index contributed by atoms with van der Waals surface area (Å²) < 4.78 is 21.2. The highest BCUT2D eigenvalue weighted by Gasteiger charge is 2.19. The standard InChI is InChI=1S/C15H14Br2FNO/c1-19-15(12-7-9(16)3-6-13(12)17)11-5-4-10(20-2)8-14(11)18/h3-8,15,19H,1-2H3. The minimum absolute atomic E-state index is 0.243. The lowest BCUT2D eigenvalue weighted by molar-refractivity contribution is 0.410. The van der Waals surface area contributed by atoms with Crippen LogP contribution in [0.3, 0.4) is 0 Å². The van der Waals surface area contributed by atoms with Crippen LogP contribution in [0, 0.1) is 5.82 Å². The fourth-order valence-corrected chi connectivity index (χ4v) is 2.94. The van der Waals surface area contributed by atoms with Crippen molar-refractivity contribution in [2.45, 2.75) is 6.04 Å². The molecule has 1 N–H and O–H groups in total. The Morgan fingerprint density at radius 2 is 1.85 bits per heavy atom. The maximum absolute atomic E-state index is 14.2. The number of halogens is 3. The van der Waals surface area contributed by atoms with Gasteiger partial charge in [-0.1, -0.05) is 37.9 Å². The second-order valence-corrected chi connectivity index (χ2v) is 6.04. The Morgan fingerprint density at radius 3 is 2.45 bits per heavy atom. The van der Waals surface area contributed by atoms with E-state index >= 15 is 0 Å². The van der Waals surface area contributed by atoms with Crippen LogP contribution in [0.1, 0.15) is 17.2 Å². The van der Waals surface area contributed by atoms with Crippen molar-refractivity contribution >= 4 is 31.9 Å². The Kier molecular flexibility index (Phi) is 5.18. The minimum atomic E-state index is -0.296. The van der Waals surface area contributed by atoms with E-state index < -0.39 is 0 Å². The molecule has 0 fully saturated rings. The maximum atomic E-state index is 14.2. The van der Waals surface area contributed by atoms with E-state index in [0.29, 0.717) is 11.3 Å². The SMILES string of the molecule is CNC(c1ccc(OC)cc1F)c1cc(Br)ccc1Br. The zero-order valence-electron chi connectivity index (χ0n) is 11.1. The highest BCUT2D eigenvalue weighted by Crippen LogP contribution is 2.33. The third kappa shape index (κ3) is 3.22. The van der Waals surface area contributed by atoms with Crippen LogP contribution in [-0.2, 0) is 0 Å². The number of hydrogen-bond donors (Lipinski definition) is 1. The molecule has 0 heterocycles. The van der Waals surface area contributed by atoms with E-state index in [2.05, 4.69) is 37.2 Å². The summed E-state index contributed by atoms with van der Waals surface area (Å²) in [7, 11) is 3.33. The number of ether oxygens (including phenoxy) is 1. The van der Waals surface area contributed by atoms with Crippen LogP contribution in [0.5, 0.6) is 5.75 Å². The van der Waals surface area contributed by atoms with Gasteiger partial charge < -0.3 is 10.1 Å². The summed E-state index contributed by atoms with van der Waals surface area (Å²) in [4.78, 5) is 0. The molecule has 0 saturated carbocycles. The van der Waals surface area contributed by atoms with Crippen molar-refractivity contribution in [3.8, 4) is 5.75 Å². The Morgan fingerprint density at radius 1 is 1.10 bits per heavy atom.